The fourth-order valence-electron chi connectivity index (χ4n) is 1.85. The molecule has 0 fully saturated rings. The second-order valence-corrected chi connectivity index (χ2v) is 5.85. The molecule has 0 bridgehead atoms. The predicted octanol–water partition coefficient (Wildman–Crippen LogP) is 1.69. The Kier molecular flexibility index (Phi) is 8.30. The molecule has 26 heavy (non-hydrogen) atoms. The van der Waals surface area contributed by atoms with E-state index in [9.17, 15) is 32.3 Å². The molecule has 0 aliphatic rings. The van der Waals surface area contributed by atoms with Gasteiger partial charge in [-0.2, -0.15) is 8.78 Å². The highest BCUT2D eigenvalue weighted by molar-refractivity contribution is 5.70. The van der Waals surface area contributed by atoms with E-state index in [-0.39, 0.29) is 25.0 Å². The van der Waals surface area contributed by atoms with Crippen molar-refractivity contribution in [3.63, 3.8) is 0 Å². The number of esters is 1. The molecule has 1 rings (SSSR count). The number of aliphatic hydroxyl groups is 1. The summed E-state index contributed by atoms with van der Waals surface area (Å²) in [4.78, 5) is 22.3. The van der Waals surface area contributed by atoms with Crippen molar-refractivity contribution in [2.45, 2.75) is 32.4 Å². The fraction of sp³-hybridized carbons (Fsp3) is 0.500. The van der Waals surface area contributed by atoms with Crippen molar-refractivity contribution < 1.29 is 41.7 Å². The first-order valence-corrected chi connectivity index (χ1v) is 7.66. The van der Waals surface area contributed by atoms with Crippen molar-refractivity contribution in [3.05, 3.63) is 29.3 Å². The number of aliphatic hydroxyl groups excluding tert-OH is 1. The van der Waals surface area contributed by atoms with E-state index in [4.69, 9.17) is 4.74 Å². The Hall–Kier alpha value is -2.36. The van der Waals surface area contributed by atoms with Crippen LogP contribution in [0.2, 0.25) is 0 Å². The van der Waals surface area contributed by atoms with E-state index < -0.39 is 60.2 Å². The smallest absolute Gasteiger partial charge is 0.307 e. The van der Waals surface area contributed by atoms with Gasteiger partial charge in [-0.05, 0) is 5.92 Å². The summed E-state index contributed by atoms with van der Waals surface area (Å²) in [7, 11) is 0. The number of ether oxygens (including phenoxy) is 2. The van der Waals surface area contributed by atoms with Gasteiger partial charge in [0.2, 0.25) is 18.0 Å². The molecule has 0 aliphatic heterocycles. The summed E-state index contributed by atoms with van der Waals surface area (Å²) in [5.41, 5.74) is 0. The van der Waals surface area contributed by atoms with Gasteiger partial charge in [0.1, 0.15) is 12.7 Å². The molecule has 0 aliphatic carbocycles. The number of carbonyl (C=O) groups excluding carboxylic acids is 2. The van der Waals surface area contributed by atoms with Crippen molar-refractivity contribution in [2.24, 2.45) is 5.92 Å². The van der Waals surface area contributed by atoms with Crippen LogP contribution in [0.5, 0.6) is 5.75 Å². The molecule has 1 aromatic carbocycles. The van der Waals surface area contributed by atoms with Crippen molar-refractivity contribution in [1.82, 2.24) is 5.32 Å². The molecule has 2 atom stereocenters. The Morgan fingerprint density at radius 2 is 1.77 bits per heavy atom. The second kappa shape index (κ2) is 9.95. The lowest BCUT2D eigenvalue weighted by molar-refractivity contribution is -0.146. The Labute approximate surface area is 147 Å². The van der Waals surface area contributed by atoms with Crippen molar-refractivity contribution in [1.29, 1.82) is 0 Å². The maximum atomic E-state index is 13.5. The third kappa shape index (κ3) is 6.17. The van der Waals surface area contributed by atoms with Gasteiger partial charge in [-0.3, -0.25) is 9.59 Å². The number of hydrogen-bond donors (Lipinski definition) is 2. The van der Waals surface area contributed by atoms with Gasteiger partial charge in [0.25, 0.3) is 0 Å². The van der Waals surface area contributed by atoms with Crippen molar-refractivity contribution in [2.75, 3.05) is 13.2 Å². The summed E-state index contributed by atoms with van der Waals surface area (Å²) in [6.45, 7) is 2.88. The minimum absolute atomic E-state index is 0.00936. The molecule has 1 aromatic rings. The number of hydrogen-bond acceptors (Lipinski definition) is 5. The average molecular weight is 381 g/mol. The van der Waals surface area contributed by atoms with Gasteiger partial charge >= 0.3 is 5.97 Å². The maximum absolute atomic E-state index is 13.5. The number of rotatable bonds is 10. The molecule has 0 radical (unpaired) electrons. The summed E-state index contributed by atoms with van der Waals surface area (Å²) in [5, 5.41) is 12.1. The molecule has 1 unspecified atom stereocenters. The van der Waals surface area contributed by atoms with Gasteiger partial charge in [0.05, 0.1) is 19.1 Å². The Bertz CT molecular complexity index is 615. The molecular formula is C16H19F4NO5. The van der Waals surface area contributed by atoms with Gasteiger partial charge in [0.15, 0.2) is 17.4 Å². The highest BCUT2D eigenvalue weighted by Crippen LogP contribution is 2.26. The summed E-state index contributed by atoms with van der Waals surface area (Å²) in [6, 6.07) is -1.19. The standard InChI is InChI=1S/C16H19F4NO5/c1-8(2)5-25-13(24)4-11(21-7-22)12(23)6-26-16-14(19)9(17)3-10(18)15(16)20/h3,7-8,11-12,23H,4-6H2,1-2H3,(H,21,22)/t11-,12?/m0/s1. The van der Waals surface area contributed by atoms with Crippen LogP contribution in [0.15, 0.2) is 6.07 Å². The molecule has 2 N–H and O–H groups in total. The largest absolute Gasteiger partial charge is 0.485 e. The van der Waals surface area contributed by atoms with Crippen LogP contribution >= 0.6 is 0 Å². The molecule has 6 nitrogen and oxygen atoms in total. The summed E-state index contributed by atoms with van der Waals surface area (Å²) in [6.07, 6.45) is -1.86. The first-order valence-electron chi connectivity index (χ1n) is 7.66. The first kappa shape index (κ1) is 21.7. The third-order valence-electron chi connectivity index (χ3n) is 3.18. The molecule has 0 heterocycles. The molecular weight excluding hydrogens is 362 g/mol. The van der Waals surface area contributed by atoms with E-state index in [0.717, 1.165) is 0 Å². The van der Waals surface area contributed by atoms with Crippen LogP contribution in [0.4, 0.5) is 17.6 Å². The van der Waals surface area contributed by atoms with E-state index in [1.165, 1.54) is 0 Å². The minimum atomic E-state index is -1.77. The molecule has 0 saturated heterocycles. The second-order valence-electron chi connectivity index (χ2n) is 5.85. The van der Waals surface area contributed by atoms with Crippen LogP contribution in [0.3, 0.4) is 0 Å². The predicted molar refractivity (Wildman–Crippen MR) is 81.2 cm³/mol. The Balaban J connectivity index is 2.75. The Morgan fingerprint density at radius 3 is 2.27 bits per heavy atom. The van der Waals surface area contributed by atoms with Crippen LogP contribution in [-0.2, 0) is 14.3 Å². The summed E-state index contributed by atoms with van der Waals surface area (Å²) < 4.78 is 62.7. The van der Waals surface area contributed by atoms with Crippen LogP contribution < -0.4 is 10.1 Å². The van der Waals surface area contributed by atoms with Crippen LogP contribution in [0.25, 0.3) is 0 Å². The third-order valence-corrected chi connectivity index (χ3v) is 3.18. The Morgan fingerprint density at radius 1 is 1.19 bits per heavy atom. The normalized spacial score (nSPS) is 13.2. The van der Waals surface area contributed by atoms with Gasteiger partial charge < -0.3 is 19.9 Å². The fourth-order valence-corrected chi connectivity index (χ4v) is 1.85. The number of carbonyl (C=O) groups is 2. The topological polar surface area (TPSA) is 84.9 Å². The lowest BCUT2D eigenvalue weighted by Gasteiger charge is -2.22. The van der Waals surface area contributed by atoms with Gasteiger partial charge in [0, 0.05) is 6.07 Å². The van der Waals surface area contributed by atoms with E-state index in [1.54, 1.807) is 13.8 Å². The zero-order valence-corrected chi connectivity index (χ0v) is 14.1. The molecule has 0 aromatic heterocycles. The summed E-state index contributed by atoms with van der Waals surface area (Å²) >= 11 is 0. The first-order chi connectivity index (χ1) is 12.2. The van der Waals surface area contributed by atoms with Crippen molar-refractivity contribution >= 4 is 12.4 Å². The highest BCUT2D eigenvalue weighted by Gasteiger charge is 2.26. The van der Waals surface area contributed by atoms with Crippen LogP contribution in [0.1, 0.15) is 20.3 Å². The highest BCUT2D eigenvalue weighted by atomic mass is 19.2. The van der Waals surface area contributed by atoms with Crippen molar-refractivity contribution in [3.8, 4) is 5.75 Å². The SMILES string of the molecule is CC(C)COC(=O)C[C@H](NC=O)C(O)COc1c(F)c(F)cc(F)c1F. The quantitative estimate of drug-likeness (QED) is 0.279. The molecule has 1 amide bonds. The monoisotopic (exact) mass is 381 g/mol. The van der Waals surface area contributed by atoms with Gasteiger partial charge in [-0.1, -0.05) is 13.8 Å². The summed E-state index contributed by atoms with van der Waals surface area (Å²) in [5.74, 6) is -8.90. The zero-order valence-electron chi connectivity index (χ0n) is 14.1. The van der Waals surface area contributed by atoms with E-state index >= 15 is 0 Å². The molecule has 10 heteroatoms. The molecule has 146 valence electrons. The number of benzene rings is 1. The van der Waals surface area contributed by atoms with E-state index in [1.807, 2.05) is 0 Å². The minimum Gasteiger partial charge on any atom is -0.485 e. The molecule has 0 spiro atoms. The zero-order chi connectivity index (χ0) is 19.9. The van der Waals surface area contributed by atoms with E-state index in [0.29, 0.717) is 0 Å². The number of halogens is 4. The van der Waals surface area contributed by atoms with Crippen LogP contribution in [-0.4, -0.2) is 42.8 Å². The van der Waals surface area contributed by atoms with E-state index in [2.05, 4.69) is 10.1 Å². The molecule has 0 saturated carbocycles. The van der Waals surface area contributed by atoms with Crippen LogP contribution in [0, 0.1) is 29.2 Å². The lowest BCUT2D eigenvalue weighted by atomic mass is 10.1. The maximum Gasteiger partial charge on any atom is 0.307 e. The van der Waals surface area contributed by atoms with Gasteiger partial charge in [-0.15, -0.1) is 0 Å². The lowest BCUT2D eigenvalue weighted by Crippen LogP contribution is -2.44. The number of nitrogens with one attached hydrogen (secondary N) is 1. The number of amides is 1. The average Bonchev–Trinajstić information content (AvgIpc) is 2.57. The van der Waals surface area contributed by atoms with Gasteiger partial charge in [-0.25, -0.2) is 8.78 Å².